The Labute approximate surface area is 186 Å². The molecule has 0 radical (unpaired) electrons. The van der Waals surface area contributed by atoms with Crippen molar-refractivity contribution < 1.29 is 9.72 Å². The number of carbonyl (C=O) groups excluding carboxylic acids is 1. The van der Waals surface area contributed by atoms with Gasteiger partial charge in [0, 0.05) is 28.9 Å². The molecule has 0 aliphatic heterocycles. The monoisotopic (exact) mass is 444 g/mol. The van der Waals surface area contributed by atoms with Crippen LogP contribution in [0.25, 0.3) is 11.3 Å². The Bertz CT molecular complexity index is 1290. The molecule has 0 atom stereocenters. The largest absolute Gasteiger partial charge is 0.375 e. The summed E-state index contributed by atoms with van der Waals surface area (Å²) in [5.41, 5.74) is 8.83. The lowest BCUT2D eigenvalue weighted by Gasteiger charge is -2.06. The molecule has 0 aliphatic carbocycles. The molecule has 10 heteroatoms. The number of rotatable bonds is 6. The summed E-state index contributed by atoms with van der Waals surface area (Å²) >= 11 is 1.18. The Morgan fingerprint density at radius 3 is 2.31 bits per heavy atom. The number of benzene rings is 3. The maximum atomic E-state index is 12.3. The van der Waals surface area contributed by atoms with Gasteiger partial charge in [-0.05, 0) is 36.4 Å². The number of nitrogens with one attached hydrogen (secondary N) is 1. The molecule has 0 spiro atoms. The first kappa shape index (κ1) is 20.8. The van der Waals surface area contributed by atoms with Crippen LogP contribution in [-0.4, -0.2) is 15.8 Å². The molecule has 0 fully saturated rings. The topological polar surface area (TPSA) is 136 Å². The van der Waals surface area contributed by atoms with Crippen LogP contribution in [0.15, 0.2) is 89.1 Å². The molecule has 9 nitrogen and oxygen atoms in total. The average molecular weight is 444 g/mol. The number of carbonyl (C=O) groups is 1. The van der Waals surface area contributed by atoms with Crippen LogP contribution in [0, 0.1) is 10.1 Å². The standard InChI is InChI=1S/C22H16N6O3S/c23-22-25-19(21(32-22)27-26-17-10-12-18(13-11-17)28(30)31)14-6-8-16(9-7-14)24-20(29)15-4-2-1-3-5-15/h1-13H,(H2,23,25)(H,24,29). The van der Waals surface area contributed by atoms with Crippen LogP contribution in [0.3, 0.4) is 0 Å². The maximum Gasteiger partial charge on any atom is 0.269 e. The minimum absolute atomic E-state index is 0.0221. The van der Waals surface area contributed by atoms with Crippen molar-refractivity contribution in [3.8, 4) is 11.3 Å². The summed E-state index contributed by atoms with van der Waals surface area (Å²) in [6, 6.07) is 21.8. The Hall–Kier alpha value is -4.44. The van der Waals surface area contributed by atoms with E-state index in [0.29, 0.717) is 32.8 Å². The summed E-state index contributed by atoms with van der Waals surface area (Å²) in [5, 5.41) is 22.8. The summed E-state index contributed by atoms with van der Waals surface area (Å²) in [6.45, 7) is 0. The number of nitro groups is 1. The number of azo groups is 1. The van der Waals surface area contributed by atoms with Gasteiger partial charge in [-0.3, -0.25) is 14.9 Å². The molecule has 0 saturated carbocycles. The summed E-state index contributed by atoms with van der Waals surface area (Å²) < 4.78 is 0. The van der Waals surface area contributed by atoms with Gasteiger partial charge in [0.1, 0.15) is 5.69 Å². The lowest BCUT2D eigenvalue weighted by atomic mass is 10.1. The zero-order valence-corrected chi connectivity index (χ0v) is 17.3. The van der Waals surface area contributed by atoms with Gasteiger partial charge in [0.15, 0.2) is 10.1 Å². The number of nitro benzene ring substituents is 1. The van der Waals surface area contributed by atoms with Gasteiger partial charge in [-0.1, -0.05) is 41.7 Å². The van der Waals surface area contributed by atoms with Crippen LogP contribution < -0.4 is 11.1 Å². The highest BCUT2D eigenvalue weighted by Gasteiger charge is 2.13. The second-order valence-electron chi connectivity index (χ2n) is 6.58. The van der Waals surface area contributed by atoms with Crippen LogP contribution in [0.1, 0.15) is 10.4 Å². The van der Waals surface area contributed by atoms with E-state index in [9.17, 15) is 14.9 Å². The van der Waals surface area contributed by atoms with Crippen LogP contribution in [0.4, 0.5) is 27.2 Å². The molecule has 1 aromatic heterocycles. The molecule has 1 heterocycles. The van der Waals surface area contributed by atoms with Crippen molar-refractivity contribution in [1.29, 1.82) is 0 Å². The first-order chi connectivity index (χ1) is 15.5. The van der Waals surface area contributed by atoms with E-state index in [0.717, 1.165) is 5.56 Å². The highest BCUT2D eigenvalue weighted by Crippen LogP contribution is 2.38. The molecule has 0 saturated heterocycles. The molecular formula is C22H16N6O3S. The molecule has 0 bridgehead atoms. The molecule has 3 N–H and O–H groups in total. The molecule has 0 aliphatic rings. The van der Waals surface area contributed by atoms with Crippen molar-refractivity contribution in [3.63, 3.8) is 0 Å². The number of nitrogens with two attached hydrogens (primary N) is 1. The van der Waals surface area contributed by atoms with E-state index in [-0.39, 0.29) is 11.6 Å². The Kier molecular flexibility index (Phi) is 5.95. The van der Waals surface area contributed by atoms with E-state index >= 15 is 0 Å². The number of hydrogen-bond donors (Lipinski definition) is 2. The third kappa shape index (κ3) is 4.82. The zero-order chi connectivity index (χ0) is 22.5. The molecule has 0 unspecified atom stereocenters. The van der Waals surface area contributed by atoms with Crippen molar-refractivity contribution in [3.05, 3.63) is 94.5 Å². The minimum Gasteiger partial charge on any atom is -0.375 e. The number of non-ortho nitro benzene ring substituents is 1. The van der Waals surface area contributed by atoms with Gasteiger partial charge in [-0.15, -0.1) is 10.2 Å². The van der Waals surface area contributed by atoms with Crippen molar-refractivity contribution in [1.82, 2.24) is 4.98 Å². The second-order valence-corrected chi connectivity index (χ2v) is 7.59. The average Bonchev–Trinajstić information content (AvgIpc) is 3.19. The fourth-order valence-electron chi connectivity index (χ4n) is 2.83. The van der Waals surface area contributed by atoms with E-state index in [1.807, 2.05) is 6.07 Å². The lowest BCUT2D eigenvalue weighted by Crippen LogP contribution is -2.11. The number of thiazole rings is 1. The van der Waals surface area contributed by atoms with Gasteiger partial charge in [0.05, 0.1) is 10.6 Å². The van der Waals surface area contributed by atoms with Gasteiger partial charge in [-0.25, -0.2) is 4.98 Å². The quantitative estimate of drug-likeness (QED) is 0.214. The highest BCUT2D eigenvalue weighted by atomic mass is 32.1. The summed E-state index contributed by atoms with van der Waals surface area (Å²) in [4.78, 5) is 26.9. The number of nitrogens with zero attached hydrogens (tertiary/aromatic N) is 4. The SMILES string of the molecule is Nc1nc(-c2ccc(NC(=O)c3ccccc3)cc2)c(N=Nc2ccc([N+](=O)[O-])cc2)s1. The van der Waals surface area contributed by atoms with Crippen LogP contribution in [0.2, 0.25) is 0 Å². The van der Waals surface area contributed by atoms with Gasteiger partial charge >= 0.3 is 0 Å². The predicted octanol–water partition coefficient (Wildman–Crippen LogP) is 5.97. The van der Waals surface area contributed by atoms with Crippen molar-refractivity contribution >= 4 is 44.4 Å². The molecule has 158 valence electrons. The molecule has 4 rings (SSSR count). The number of hydrogen-bond acceptors (Lipinski definition) is 8. The number of amides is 1. The maximum absolute atomic E-state index is 12.3. The lowest BCUT2D eigenvalue weighted by molar-refractivity contribution is -0.384. The molecule has 4 aromatic rings. The van der Waals surface area contributed by atoms with Crippen LogP contribution in [-0.2, 0) is 0 Å². The molecule has 32 heavy (non-hydrogen) atoms. The van der Waals surface area contributed by atoms with Crippen molar-refractivity contribution in [2.45, 2.75) is 0 Å². The van der Waals surface area contributed by atoms with E-state index in [1.165, 1.54) is 35.6 Å². The summed E-state index contributed by atoms with van der Waals surface area (Å²) in [7, 11) is 0. The molecule has 1 amide bonds. The summed E-state index contributed by atoms with van der Waals surface area (Å²) in [5.74, 6) is -0.200. The van der Waals surface area contributed by atoms with E-state index in [4.69, 9.17) is 5.73 Å². The highest BCUT2D eigenvalue weighted by molar-refractivity contribution is 7.19. The normalized spacial score (nSPS) is 10.9. The van der Waals surface area contributed by atoms with Gasteiger partial charge in [0.25, 0.3) is 11.6 Å². The van der Waals surface area contributed by atoms with Crippen LogP contribution in [0.5, 0.6) is 0 Å². The van der Waals surface area contributed by atoms with Crippen LogP contribution >= 0.6 is 11.3 Å². The van der Waals surface area contributed by atoms with E-state index in [1.54, 1.807) is 48.5 Å². The molecular weight excluding hydrogens is 428 g/mol. The zero-order valence-electron chi connectivity index (χ0n) is 16.5. The third-order valence-electron chi connectivity index (χ3n) is 4.39. The van der Waals surface area contributed by atoms with Gasteiger partial charge in [0.2, 0.25) is 0 Å². The number of anilines is 2. The fraction of sp³-hybridized carbons (Fsp3) is 0. The van der Waals surface area contributed by atoms with E-state index < -0.39 is 4.92 Å². The predicted molar refractivity (Wildman–Crippen MR) is 124 cm³/mol. The second kappa shape index (κ2) is 9.14. The Morgan fingerprint density at radius 1 is 0.969 bits per heavy atom. The third-order valence-corrected chi connectivity index (χ3v) is 5.16. The first-order valence-electron chi connectivity index (χ1n) is 9.39. The number of nitrogen functional groups attached to an aromatic ring is 1. The minimum atomic E-state index is -0.477. The van der Waals surface area contributed by atoms with Gasteiger partial charge < -0.3 is 11.1 Å². The molecule has 3 aromatic carbocycles. The smallest absolute Gasteiger partial charge is 0.269 e. The van der Waals surface area contributed by atoms with E-state index in [2.05, 4.69) is 20.5 Å². The van der Waals surface area contributed by atoms with Gasteiger partial charge in [-0.2, -0.15) is 0 Å². The Morgan fingerprint density at radius 2 is 1.66 bits per heavy atom. The number of aromatic nitrogens is 1. The Balaban J connectivity index is 1.52. The first-order valence-corrected chi connectivity index (χ1v) is 10.2. The van der Waals surface area contributed by atoms with Crippen molar-refractivity contribution in [2.24, 2.45) is 10.2 Å². The van der Waals surface area contributed by atoms with Crippen molar-refractivity contribution in [2.75, 3.05) is 11.1 Å². The fourth-order valence-corrected chi connectivity index (χ4v) is 3.51. The summed E-state index contributed by atoms with van der Waals surface area (Å²) in [6.07, 6.45) is 0.